The first-order valence-corrected chi connectivity index (χ1v) is 12.7. The lowest BCUT2D eigenvalue weighted by Crippen LogP contribution is -1.88. The predicted octanol–water partition coefficient (Wildman–Crippen LogP) is 10.4. The molecule has 0 saturated heterocycles. The molecular formula is C36H18. The van der Waals surface area contributed by atoms with E-state index in [9.17, 15) is 0 Å². The molecule has 0 amide bonds. The maximum Gasteiger partial charge on any atom is -0.00264 e. The molecule has 0 aliphatic rings. The Bertz CT molecular complexity index is 2080. The smallest absolute Gasteiger partial charge is 0.00264 e. The summed E-state index contributed by atoms with van der Waals surface area (Å²) in [4.78, 5) is 0. The monoisotopic (exact) mass is 450 g/mol. The minimum atomic E-state index is 1.31. The summed E-state index contributed by atoms with van der Waals surface area (Å²) in [6.07, 6.45) is 0. The van der Waals surface area contributed by atoms with E-state index in [1.807, 2.05) is 0 Å². The zero-order chi connectivity index (χ0) is 23.1. The van der Waals surface area contributed by atoms with E-state index in [0.717, 1.165) is 0 Å². The Hall–Kier alpha value is -4.68. The van der Waals surface area contributed by atoms with Gasteiger partial charge < -0.3 is 0 Å². The molecular weight excluding hydrogens is 432 g/mol. The van der Waals surface area contributed by atoms with Crippen LogP contribution in [0.4, 0.5) is 0 Å². The molecule has 0 spiro atoms. The fourth-order valence-electron chi connectivity index (χ4n) is 7.14. The Kier molecular flexibility index (Phi) is 2.83. The fourth-order valence-corrected chi connectivity index (χ4v) is 7.14. The minimum Gasteiger partial charge on any atom is -0.0537 e. The predicted molar refractivity (Wildman–Crippen MR) is 158 cm³/mol. The van der Waals surface area contributed by atoms with E-state index >= 15 is 0 Å². The van der Waals surface area contributed by atoms with Crippen LogP contribution in [0.1, 0.15) is 0 Å². The zero-order valence-electron chi connectivity index (χ0n) is 19.4. The second-order valence-corrected chi connectivity index (χ2v) is 10.6. The largest absolute Gasteiger partial charge is 0.0537 e. The van der Waals surface area contributed by atoms with Gasteiger partial charge in [-0.3, -0.25) is 0 Å². The number of benzene rings is 9. The molecule has 0 fully saturated rings. The standard InChI is InChI=1S/C36H18/c1-7-22-13-24-9-3-20-5-11-26-15-27-12-6-21-4-10-25-14-23-8-2-19(1)34-28(22)16-30(24)35(20)32(26)18-33(27)36(21)31(25)17-29(23)34/h1-18H. The van der Waals surface area contributed by atoms with Gasteiger partial charge in [0.1, 0.15) is 0 Å². The lowest BCUT2D eigenvalue weighted by molar-refractivity contribution is 1.80. The van der Waals surface area contributed by atoms with Gasteiger partial charge in [0.25, 0.3) is 0 Å². The highest BCUT2D eigenvalue weighted by atomic mass is 14.2. The molecule has 0 heteroatoms. The molecule has 0 radical (unpaired) electrons. The first kappa shape index (κ1) is 17.7. The van der Waals surface area contributed by atoms with Gasteiger partial charge >= 0.3 is 0 Å². The van der Waals surface area contributed by atoms with Crippen molar-refractivity contribution in [2.75, 3.05) is 0 Å². The normalized spacial score (nSPS) is 13.0. The third-order valence-corrected chi connectivity index (χ3v) is 8.80. The number of rotatable bonds is 0. The summed E-state index contributed by atoms with van der Waals surface area (Å²) in [5.41, 5.74) is 0. The first-order valence-electron chi connectivity index (χ1n) is 12.7. The molecule has 0 aliphatic heterocycles. The Morgan fingerprint density at radius 1 is 0.194 bits per heavy atom. The Morgan fingerprint density at radius 3 is 0.611 bits per heavy atom. The van der Waals surface area contributed by atoms with Crippen molar-refractivity contribution in [3.05, 3.63) is 109 Å². The second kappa shape index (κ2) is 5.75. The highest BCUT2D eigenvalue weighted by Crippen LogP contribution is 2.43. The van der Waals surface area contributed by atoms with Crippen LogP contribution in [0.25, 0.3) is 97.0 Å². The molecule has 0 aliphatic carbocycles. The van der Waals surface area contributed by atoms with Crippen LogP contribution in [0.5, 0.6) is 0 Å². The van der Waals surface area contributed by atoms with Crippen molar-refractivity contribution in [1.29, 1.82) is 0 Å². The van der Waals surface area contributed by atoms with Gasteiger partial charge in [0.15, 0.2) is 0 Å². The molecule has 0 N–H and O–H groups in total. The summed E-state index contributed by atoms with van der Waals surface area (Å²) in [6, 6.07) is 42.1. The highest BCUT2D eigenvalue weighted by Gasteiger charge is 2.15. The third kappa shape index (κ3) is 1.97. The zero-order valence-corrected chi connectivity index (χ0v) is 19.4. The van der Waals surface area contributed by atoms with E-state index in [2.05, 4.69) is 109 Å². The minimum absolute atomic E-state index is 1.31. The summed E-state index contributed by atoms with van der Waals surface area (Å²) < 4.78 is 0. The maximum atomic E-state index is 2.47. The van der Waals surface area contributed by atoms with Crippen molar-refractivity contribution in [3.63, 3.8) is 0 Å². The average molecular weight is 451 g/mol. The molecule has 10 rings (SSSR count). The third-order valence-electron chi connectivity index (χ3n) is 8.80. The second-order valence-electron chi connectivity index (χ2n) is 10.6. The van der Waals surface area contributed by atoms with Crippen LogP contribution in [-0.4, -0.2) is 0 Å². The van der Waals surface area contributed by atoms with Gasteiger partial charge in [-0.25, -0.2) is 0 Å². The van der Waals surface area contributed by atoms with Gasteiger partial charge in [0.05, 0.1) is 0 Å². The number of hydrogen-bond donors (Lipinski definition) is 0. The van der Waals surface area contributed by atoms with E-state index < -0.39 is 0 Å². The molecule has 0 unspecified atom stereocenters. The molecule has 0 saturated carbocycles. The van der Waals surface area contributed by atoms with Crippen LogP contribution in [0.3, 0.4) is 0 Å². The summed E-state index contributed by atoms with van der Waals surface area (Å²) in [5, 5.41) is 23.9. The summed E-state index contributed by atoms with van der Waals surface area (Å²) in [7, 11) is 0. The Labute approximate surface area is 206 Å². The molecule has 10 aromatic carbocycles. The molecule has 0 heterocycles. The van der Waals surface area contributed by atoms with Gasteiger partial charge in [0.2, 0.25) is 0 Å². The highest BCUT2D eigenvalue weighted by molar-refractivity contribution is 6.32. The molecule has 6 bridgehead atoms. The molecule has 162 valence electrons. The van der Waals surface area contributed by atoms with Gasteiger partial charge in [0, 0.05) is 0 Å². The number of hydrogen-bond acceptors (Lipinski definition) is 0. The van der Waals surface area contributed by atoms with Crippen molar-refractivity contribution in [1.82, 2.24) is 0 Å². The summed E-state index contributed by atoms with van der Waals surface area (Å²) in [6.45, 7) is 0. The molecule has 0 aromatic heterocycles. The summed E-state index contributed by atoms with van der Waals surface area (Å²) in [5.74, 6) is 0. The summed E-state index contributed by atoms with van der Waals surface area (Å²) >= 11 is 0. The van der Waals surface area contributed by atoms with Gasteiger partial charge in [-0.1, -0.05) is 72.8 Å². The van der Waals surface area contributed by atoms with Crippen molar-refractivity contribution >= 4 is 97.0 Å². The molecule has 10 aromatic rings. The van der Waals surface area contributed by atoms with E-state index in [4.69, 9.17) is 0 Å². The lowest BCUT2D eigenvalue weighted by atomic mass is 9.87. The average Bonchev–Trinajstić information content (AvgIpc) is 2.92. The molecule has 0 nitrogen and oxygen atoms in total. The van der Waals surface area contributed by atoms with Crippen LogP contribution in [-0.2, 0) is 0 Å². The van der Waals surface area contributed by atoms with Crippen LogP contribution in [0, 0.1) is 0 Å². The van der Waals surface area contributed by atoms with Crippen molar-refractivity contribution in [2.24, 2.45) is 0 Å². The molecule has 0 atom stereocenters. The topological polar surface area (TPSA) is 0 Å². The van der Waals surface area contributed by atoms with Crippen LogP contribution in [0.2, 0.25) is 0 Å². The quantitative estimate of drug-likeness (QED) is 0.159. The van der Waals surface area contributed by atoms with E-state index in [-0.39, 0.29) is 0 Å². The van der Waals surface area contributed by atoms with Crippen LogP contribution >= 0.6 is 0 Å². The van der Waals surface area contributed by atoms with E-state index in [1.165, 1.54) is 97.0 Å². The van der Waals surface area contributed by atoms with Crippen LogP contribution < -0.4 is 0 Å². The van der Waals surface area contributed by atoms with Gasteiger partial charge in [-0.15, -0.1) is 0 Å². The van der Waals surface area contributed by atoms with Gasteiger partial charge in [-0.2, -0.15) is 0 Å². The fraction of sp³-hybridized carbons (Fsp3) is 0. The van der Waals surface area contributed by atoms with Crippen LogP contribution in [0.15, 0.2) is 109 Å². The Morgan fingerprint density at radius 2 is 0.389 bits per heavy atom. The van der Waals surface area contributed by atoms with Crippen molar-refractivity contribution < 1.29 is 0 Å². The maximum absolute atomic E-state index is 2.47. The Balaban J connectivity index is 1.69. The van der Waals surface area contributed by atoms with Crippen molar-refractivity contribution in [3.8, 4) is 0 Å². The SMILES string of the molecule is c1cc2ccc3cc4ccc5ccc6cc7ccc8ccc9cc1c1cc9c8c7cc6c5c4cc3c21. The van der Waals surface area contributed by atoms with E-state index in [0.29, 0.717) is 0 Å². The van der Waals surface area contributed by atoms with Gasteiger partial charge in [-0.05, 0) is 133 Å². The van der Waals surface area contributed by atoms with Crippen molar-refractivity contribution in [2.45, 2.75) is 0 Å². The molecule has 36 heavy (non-hydrogen) atoms. The van der Waals surface area contributed by atoms with E-state index in [1.54, 1.807) is 0 Å². The first-order chi connectivity index (χ1) is 17.8. The lowest BCUT2D eigenvalue weighted by Gasteiger charge is -2.16.